The van der Waals surface area contributed by atoms with Crippen molar-refractivity contribution >= 4 is 0 Å². The molecule has 1 saturated heterocycles. The van der Waals surface area contributed by atoms with E-state index in [4.69, 9.17) is 0 Å². The first-order valence-electron chi connectivity index (χ1n) is 7.06. The normalized spacial score (nSPS) is 15.8. The van der Waals surface area contributed by atoms with E-state index in [0.29, 0.717) is 0 Å². The first-order chi connectivity index (χ1) is 8.41. The molecule has 0 unspecified atom stereocenters. The molecule has 1 nitrogen and oxygen atoms in total. The maximum Gasteiger partial charge on any atom is -0.00489 e. The summed E-state index contributed by atoms with van der Waals surface area (Å²) >= 11 is 0. The van der Waals surface area contributed by atoms with Crippen LogP contribution >= 0.6 is 0 Å². The largest absolute Gasteiger partial charge is 0.317 e. The van der Waals surface area contributed by atoms with E-state index >= 15 is 0 Å². The van der Waals surface area contributed by atoms with Gasteiger partial charge in [0.15, 0.2) is 0 Å². The topological polar surface area (TPSA) is 12.0 Å². The minimum atomic E-state index is 1.20. The lowest BCUT2D eigenvalue weighted by molar-refractivity contribution is 0.520. The molecule has 17 heavy (non-hydrogen) atoms. The van der Waals surface area contributed by atoms with Crippen molar-refractivity contribution in [2.24, 2.45) is 0 Å². The van der Waals surface area contributed by atoms with Crippen LogP contribution < -0.4 is 5.32 Å². The minimum Gasteiger partial charge on any atom is -0.317 e. The molecule has 0 saturated carbocycles. The molecule has 98 valence electrons. The number of hydrogen-bond acceptors (Lipinski definition) is 1. The lowest BCUT2D eigenvalue weighted by Gasteiger charge is -2.08. The van der Waals surface area contributed by atoms with Crippen LogP contribution in [-0.4, -0.2) is 13.1 Å². The SMILES string of the molecule is C1CCNCC1.C=CC=CC=CCCCCC. The van der Waals surface area contributed by atoms with E-state index in [2.05, 4.69) is 31.0 Å². The Balaban J connectivity index is 0.000000354. The highest BCUT2D eigenvalue weighted by Gasteiger charge is 1.93. The predicted octanol–water partition coefficient (Wildman–Crippen LogP) is 4.63. The van der Waals surface area contributed by atoms with Crippen molar-refractivity contribution in [3.8, 4) is 0 Å². The average Bonchev–Trinajstić information content (AvgIpc) is 2.41. The molecule has 1 fully saturated rings. The smallest absolute Gasteiger partial charge is 0.00489 e. The summed E-state index contributed by atoms with van der Waals surface area (Å²) in [4.78, 5) is 0. The highest BCUT2D eigenvalue weighted by Crippen LogP contribution is 1.99. The molecule has 0 aromatic heterocycles. The van der Waals surface area contributed by atoms with E-state index in [9.17, 15) is 0 Å². The molecular formula is C16H29N. The Morgan fingerprint density at radius 1 is 1.00 bits per heavy atom. The monoisotopic (exact) mass is 235 g/mol. The summed E-state index contributed by atoms with van der Waals surface area (Å²) in [5.41, 5.74) is 0. The quantitative estimate of drug-likeness (QED) is 0.523. The molecule has 1 heterocycles. The summed E-state index contributed by atoms with van der Waals surface area (Å²) in [6.45, 7) is 8.31. The number of nitrogens with one attached hydrogen (secondary N) is 1. The minimum absolute atomic E-state index is 1.20. The standard InChI is InChI=1S/C11H18.C5H11N/c1-3-5-7-9-11-10-8-6-4-2;1-2-4-6-5-3-1/h3,5,7,9,11H,1,4,6,8,10H2,2H3;6H,1-5H2. The molecule has 1 heteroatoms. The third-order valence-electron chi connectivity index (χ3n) is 2.68. The Hall–Kier alpha value is -0.820. The van der Waals surface area contributed by atoms with Crippen LogP contribution in [-0.2, 0) is 0 Å². The molecule has 0 aromatic rings. The highest BCUT2D eigenvalue weighted by atomic mass is 14.9. The number of allylic oxidation sites excluding steroid dienone is 5. The van der Waals surface area contributed by atoms with Crippen molar-refractivity contribution < 1.29 is 0 Å². The van der Waals surface area contributed by atoms with Crippen molar-refractivity contribution in [1.82, 2.24) is 5.32 Å². The van der Waals surface area contributed by atoms with Gasteiger partial charge in [-0.15, -0.1) is 0 Å². The third-order valence-corrected chi connectivity index (χ3v) is 2.68. The molecule has 1 N–H and O–H groups in total. The number of rotatable bonds is 6. The first-order valence-corrected chi connectivity index (χ1v) is 7.06. The van der Waals surface area contributed by atoms with E-state index < -0.39 is 0 Å². The molecule has 0 amide bonds. The van der Waals surface area contributed by atoms with Gasteiger partial charge in [0, 0.05) is 0 Å². The van der Waals surface area contributed by atoms with E-state index in [0.717, 1.165) is 0 Å². The molecule has 1 aliphatic heterocycles. The van der Waals surface area contributed by atoms with Gasteiger partial charge in [0.2, 0.25) is 0 Å². The average molecular weight is 235 g/mol. The van der Waals surface area contributed by atoms with Gasteiger partial charge in [0.05, 0.1) is 0 Å². The van der Waals surface area contributed by atoms with Crippen LogP contribution in [0.4, 0.5) is 0 Å². The van der Waals surface area contributed by atoms with Crippen molar-refractivity contribution in [2.75, 3.05) is 13.1 Å². The van der Waals surface area contributed by atoms with Gasteiger partial charge in [0.25, 0.3) is 0 Å². The maximum atomic E-state index is 3.59. The molecule has 0 bridgehead atoms. The van der Waals surface area contributed by atoms with Crippen molar-refractivity contribution in [3.05, 3.63) is 37.0 Å². The highest BCUT2D eigenvalue weighted by molar-refractivity contribution is 5.08. The zero-order chi connectivity index (χ0) is 12.6. The molecule has 0 radical (unpaired) electrons. The lowest BCUT2D eigenvalue weighted by atomic mass is 10.2. The predicted molar refractivity (Wildman–Crippen MR) is 79.3 cm³/mol. The summed E-state index contributed by atoms with van der Waals surface area (Å²) in [7, 11) is 0. The molecule has 0 spiro atoms. The van der Waals surface area contributed by atoms with E-state index in [-0.39, 0.29) is 0 Å². The van der Waals surface area contributed by atoms with E-state index in [1.54, 1.807) is 6.08 Å². The molecular weight excluding hydrogens is 206 g/mol. The Bertz CT molecular complexity index is 188. The van der Waals surface area contributed by atoms with Gasteiger partial charge in [-0.3, -0.25) is 0 Å². The second-order valence-corrected chi connectivity index (χ2v) is 4.36. The summed E-state index contributed by atoms with van der Waals surface area (Å²) in [6.07, 6.45) is 19.4. The Morgan fingerprint density at radius 2 is 1.76 bits per heavy atom. The molecule has 0 atom stereocenters. The summed E-state index contributed by atoms with van der Waals surface area (Å²) in [6, 6.07) is 0. The molecule has 0 aromatic carbocycles. The van der Waals surface area contributed by atoms with Crippen LogP contribution in [0.3, 0.4) is 0 Å². The first kappa shape index (κ1) is 16.2. The Kier molecular flexibility index (Phi) is 14.4. The Morgan fingerprint density at radius 3 is 2.24 bits per heavy atom. The van der Waals surface area contributed by atoms with Gasteiger partial charge in [-0.2, -0.15) is 0 Å². The van der Waals surface area contributed by atoms with Crippen LogP contribution in [0.2, 0.25) is 0 Å². The maximum absolute atomic E-state index is 3.59. The number of hydrogen-bond donors (Lipinski definition) is 1. The van der Waals surface area contributed by atoms with E-state index in [1.807, 2.05) is 12.2 Å². The summed E-state index contributed by atoms with van der Waals surface area (Å²) in [5, 5.41) is 3.28. The third kappa shape index (κ3) is 15.2. The fourth-order valence-electron chi connectivity index (χ4n) is 1.63. The van der Waals surface area contributed by atoms with Gasteiger partial charge >= 0.3 is 0 Å². The van der Waals surface area contributed by atoms with E-state index in [1.165, 1.54) is 58.0 Å². The van der Waals surface area contributed by atoms with Crippen molar-refractivity contribution in [1.29, 1.82) is 0 Å². The second-order valence-electron chi connectivity index (χ2n) is 4.36. The molecule has 1 rings (SSSR count). The Labute approximate surface area is 108 Å². The van der Waals surface area contributed by atoms with Gasteiger partial charge < -0.3 is 5.32 Å². The number of piperidine rings is 1. The zero-order valence-corrected chi connectivity index (χ0v) is 11.5. The van der Waals surface area contributed by atoms with Crippen molar-refractivity contribution in [2.45, 2.75) is 51.9 Å². The van der Waals surface area contributed by atoms with Gasteiger partial charge in [-0.25, -0.2) is 0 Å². The van der Waals surface area contributed by atoms with Gasteiger partial charge in [0.1, 0.15) is 0 Å². The molecule has 0 aliphatic carbocycles. The van der Waals surface area contributed by atoms with Crippen LogP contribution in [0.5, 0.6) is 0 Å². The fraction of sp³-hybridized carbons (Fsp3) is 0.625. The lowest BCUT2D eigenvalue weighted by Crippen LogP contribution is -2.21. The van der Waals surface area contributed by atoms with Crippen LogP contribution in [0.25, 0.3) is 0 Å². The van der Waals surface area contributed by atoms with Crippen LogP contribution in [0.1, 0.15) is 51.9 Å². The summed E-state index contributed by atoms with van der Waals surface area (Å²) < 4.78 is 0. The number of unbranched alkanes of at least 4 members (excludes halogenated alkanes) is 3. The summed E-state index contributed by atoms with van der Waals surface area (Å²) in [5.74, 6) is 0. The van der Waals surface area contributed by atoms with Crippen LogP contribution in [0, 0.1) is 0 Å². The zero-order valence-electron chi connectivity index (χ0n) is 11.5. The van der Waals surface area contributed by atoms with Crippen molar-refractivity contribution in [3.63, 3.8) is 0 Å². The second kappa shape index (κ2) is 15.2. The fourth-order valence-corrected chi connectivity index (χ4v) is 1.63. The van der Waals surface area contributed by atoms with Gasteiger partial charge in [-0.05, 0) is 38.8 Å². The van der Waals surface area contributed by atoms with Crippen LogP contribution in [0.15, 0.2) is 37.0 Å². The van der Waals surface area contributed by atoms with Gasteiger partial charge in [-0.1, -0.05) is 63.1 Å². The molecule has 1 aliphatic rings.